The Kier molecular flexibility index (Phi) is 4.29. The third-order valence-corrected chi connectivity index (χ3v) is 3.32. The molecule has 0 aliphatic carbocycles. The Hall–Kier alpha value is -3.15. The first-order valence-electron chi connectivity index (χ1n) is 7.56. The quantitative estimate of drug-likeness (QED) is 0.778. The number of benzene rings is 1. The van der Waals surface area contributed by atoms with Crippen molar-refractivity contribution in [2.45, 2.75) is 20.0 Å². The second kappa shape index (κ2) is 6.54. The second-order valence-corrected chi connectivity index (χ2v) is 5.52. The standard InChI is InChI=1S/C18H17N3O3/c1-12(2)24-17-9-8-14(11-19-17)21-16(10-15(20-21)18(22)23)13-6-4-3-5-7-13/h3-12H,1-2H3,(H,22,23). The van der Waals surface area contributed by atoms with Crippen molar-refractivity contribution >= 4 is 5.97 Å². The van der Waals surface area contributed by atoms with E-state index in [1.165, 1.54) is 0 Å². The highest BCUT2D eigenvalue weighted by molar-refractivity contribution is 5.87. The van der Waals surface area contributed by atoms with Gasteiger partial charge in [0.15, 0.2) is 5.69 Å². The fraction of sp³-hybridized carbons (Fsp3) is 0.167. The number of pyridine rings is 1. The van der Waals surface area contributed by atoms with Crippen molar-refractivity contribution in [3.05, 3.63) is 60.4 Å². The Morgan fingerprint density at radius 1 is 1.17 bits per heavy atom. The van der Waals surface area contributed by atoms with Crippen LogP contribution in [0.2, 0.25) is 0 Å². The van der Waals surface area contributed by atoms with Gasteiger partial charge in [-0.25, -0.2) is 14.5 Å². The van der Waals surface area contributed by atoms with Gasteiger partial charge in [-0.1, -0.05) is 30.3 Å². The number of carbonyl (C=O) groups is 1. The fourth-order valence-electron chi connectivity index (χ4n) is 2.31. The lowest BCUT2D eigenvalue weighted by Gasteiger charge is -2.10. The molecule has 0 radical (unpaired) electrons. The van der Waals surface area contributed by atoms with Gasteiger partial charge in [0, 0.05) is 11.6 Å². The molecule has 0 bridgehead atoms. The maximum atomic E-state index is 11.3. The van der Waals surface area contributed by atoms with E-state index in [2.05, 4.69) is 10.1 Å². The largest absolute Gasteiger partial charge is 0.476 e. The van der Waals surface area contributed by atoms with Gasteiger partial charge in [0.2, 0.25) is 5.88 Å². The molecule has 0 unspecified atom stereocenters. The zero-order chi connectivity index (χ0) is 17.1. The molecule has 24 heavy (non-hydrogen) atoms. The molecule has 0 spiro atoms. The molecule has 6 heteroatoms. The first-order valence-corrected chi connectivity index (χ1v) is 7.56. The van der Waals surface area contributed by atoms with E-state index in [1.54, 1.807) is 29.1 Å². The summed E-state index contributed by atoms with van der Waals surface area (Å²) in [6.45, 7) is 3.85. The number of aromatic nitrogens is 3. The minimum atomic E-state index is -1.07. The average Bonchev–Trinajstić information content (AvgIpc) is 3.01. The molecule has 0 aliphatic rings. The molecule has 0 atom stereocenters. The highest BCUT2D eigenvalue weighted by Gasteiger charge is 2.16. The van der Waals surface area contributed by atoms with Crippen molar-refractivity contribution in [3.8, 4) is 22.8 Å². The van der Waals surface area contributed by atoms with E-state index in [0.717, 1.165) is 5.56 Å². The normalized spacial score (nSPS) is 10.8. The van der Waals surface area contributed by atoms with Crippen molar-refractivity contribution in [1.29, 1.82) is 0 Å². The van der Waals surface area contributed by atoms with E-state index < -0.39 is 5.97 Å². The molecule has 1 N–H and O–H groups in total. The molecule has 0 fully saturated rings. The van der Waals surface area contributed by atoms with Crippen LogP contribution in [0.5, 0.6) is 5.88 Å². The number of hydrogen-bond donors (Lipinski definition) is 1. The van der Waals surface area contributed by atoms with Gasteiger partial charge in [-0.3, -0.25) is 0 Å². The molecule has 122 valence electrons. The number of aromatic carboxylic acids is 1. The number of nitrogens with zero attached hydrogens (tertiary/aromatic N) is 3. The van der Waals surface area contributed by atoms with E-state index in [4.69, 9.17) is 4.74 Å². The number of rotatable bonds is 5. The predicted octanol–water partition coefficient (Wildman–Crippen LogP) is 3.42. The Bertz CT molecular complexity index is 840. The molecule has 3 aromatic rings. The second-order valence-electron chi connectivity index (χ2n) is 5.52. The zero-order valence-electron chi connectivity index (χ0n) is 13.4. The minimum Gasteiger partial charge on any atom is -0.476 e. The molecule has 2 heterocycles. The van der Waals surface area contributed by atoms with Gasteiger partial charge in [-0.05, 0) is 26.0 Å². The van der Waals surface area contributed by atoms with E-state index >= 15 is 0 Å². The number of ether oxygens (including phenoxy) is 1. The van der Waals surface area contributed by atoms with Crippen molar-refractivity contribution in [2.24, 2.45) is 0 Å². The highest BCUT2D eigenvalue weighted by atomic mass is 16.5. The smallest absolute Gasteiger partial charge is 0.356 e. The van der Waals surface area contributed by atoms with Gasteiger partial charge in [-0.15, -0.1) is 0 Å². The van der Waals surface area contributed by atoms with Crippen LogP contribution in [0.15, 0.2) is 54.7 Å². The Balaban J connectivity index is 2.05. The lowest BCUT2D eigenvalue weighted by Crippen LogP contribution is -2.07. The van der Waals surface area contributed by atoms with Crippen LogP contribution in [0.4, 0.5) is 0 Å². The first kappa shape index (κ1) is 15.7. The summed E-state index contributed by atoms with van der Waals surface area (Å²) in [6, 6.07) is 14.6. The Morgan fingerprint density at radius 2 is 1.92 bits per heavy atom. The van der Waals surface area contributed by atoms with Crippen LogP contribution < -0.4 is 4.74 Å². The number of carboxylic acids is 1. The molecule has 0 aliphatic heterocycles. The maximum Gasteiger partial charge on any atom is 0.356 e. The summed E-state index contributed by atoms with van der Waals surface area (Å²) in [6.07, 6.45) is 1.65. The van der Waals surface area contributed by atoms with Crippen LogP contribution in [0.1, 0.15) is 24.3 Å². The number of hydrogen-bond acceptors (Lipinski definition) is 4. The Morgan fingerprint density at radius 3 is 2.50 bits per heavy atom. The molecule has 0 saturated carbocycles. The van der Waals surface area contributed by atoms with Crippen molar-refractivity contribution in [3.63, 3.8) is 0 Å². The molecule has 0 amide bonds. The van der Waals surface area contributed by atoms with Crippen LogP contribution in [0.3, 0.4) is 0 Å². The predicted molar refractivity (Wildman–Crippen MR) is 89.5 cm³/mol. The fourth-order valence-corrected chi connectivity index (χ4v) is 2.31. The monoisotopic (exact) mass is 323 g/mol. The summed E-state index contributed by atoms with van der Waals surface area (Å²) >= 11 is 0. The zero-order valence-corrected chi connectivity index (χ0v) is 13.4. The summed E-state index contributed by atoms with van der Waals surface area (Å²) in [5, 5.41) is 13.4. The lowest BCUT2D eigenvalue weighted by molar-refractivity contribution is 0.0690. The Labute approximate surface area is 139 Å². The van der Waals surface area contributed by atoms with E-state index in [1.807, 2.05) is 44.2 Å². The summed E-state index contributed by atoms with van der Waals surface area (Å²) in [7, 11) is 0. The van der Waals surface area contributed by atoms with Gasteiger partial charge >= 0.3 is 5.97 Å². The minimum absolute atomic E-state index is 0.0173. The van der Waals surface area contributed by atoms with Crippen LogP contribution in [-0.4, -0.2) is 31.9 Å². The maximum absolute atomic E-state index is 11.3. The summed E-state index contributed by atoms with van der Waals surface area (Å²) in [5.74, 6) is -0.556. The molecular formula is C18H17N3O3. The summed E-state index contributed by atoms with van der Waals surface area (Å²) in [4.78, 5) is 15.5. The summed E-state index contributed by atoms with van der Waals surface area (Å²) < 4.78 is 7.10. The van der Waals surface area contributed by atoms with Crippen molar-refractivity contribution in [1.82, 2.24) is 14.8 Å². The van der Waals surface area contributed by atoms with Crippen LogP contribution in [-0.2, 0) is 0 Å². The van der Waals surface area contributed by atoms with Crippen LogP contribution >= 0.6 is 0 Å². The van der Waals surface area contributed by atoms with Gasteiger partial charge < -0.3 is 9.84 Å². The van der Waals surface area contributed by atoms with E-state index in [0.29, 0.717) is 17.3 Å². The SMILES string of the molecule is CC(C)Oc1ccc(-n2nc(C(=O)O)cc2-c2ccccc2)cn1. The highest BCUT2D eigenvalue weighted by Crippen LogP contribution is 2.24. The third kappa shape index (κ3) is 3.27. The number of carboxylic acid groups (broad SMARTS) is 1. The van der Waals surface area contributed by atoms with Gasteiger partial charge in [-0.2, -0.15) is 5.10 Å². The molecule has 6 nitrogen and oxygen atoms in total. The van der Waals surface area contributed by atoms with Crippen LogP contribution in [0, 0.1) is 0 Å². The van der Waals surface area contributed by atoms with Crippen molar-refractivity contribution in [2.75, 3.05) is 0 Å². The molecule has 2 aromatic heterocycles. The molecule has 3 rings (SSSR count). The van der Waals surface area contributed by atoms with E-state index in [-0.39, 0.29) is 11.8 Å². The van der Waals surface area contributed by atoms with Gasteiger partial charge in [0.05, 0.1) is 23.7 Å². The topological polar surface area (TPSA) is 77.2 Å². The lowest BCUT2D eigenvalue weighted by atomic mass is 10.1. The van der Waals surface area contributed by atoms with Crippen molar-refractivity contribution < 1.29 is 14.6 Å². The van der Waals surface area contributed by atoms with E-state index in [9.17, 15) is 9.90 Å². The molecule has 0 saturated heterocycles. The first-order chi connectivity index (χ1) is 11.5. The van der Waals surface area contributed by atoms with Crippen LogP contribution in [0.25, 0.3) is 16.9 Å². The van der Waals surface area contributed by atoms with Gasteiger partial charge in [0.25, 0.3) is 0 Å². The summed E-state index contributed by atoms with van der Waals surface area (Å²) in [5.41, 5.74) is 2.21. The molecular weight excluding hydrogens is 306 g/mol. The molecule has 1 aromatic carbocycles. The average molecular weight is 323 g/mol. The third-order valence-electron chi connectivity index (χ3n) is 3.32. The van der Waals surface area contributed by atoms with Gasteiger partial charge in [0.1, 0.15) is 0 Å².